The number of methoxy groups -OCH3 is 1. The second-order valence-corrected chi connectivity index (χ2v) is 13.3. The fraction of sp³-hybridized carbons (Fsp3) is 0.692. The second-order valence-electron chi connectivity index (χ2n) is 11.3. The van der Waals surface area contributed by atoms with Gasteiger partial charge in [0.1, 0.15) is 10.8 Å². The van der Waals surface area contributed by atoms with E-state index in [0.29, 0.717) is 16.0 Å². The summed E-state index contributed by atoms with van der Waals surface area (Å²) in [5.74, 6) is 3.54. The molecule has 4 saturated carbocycles. The lowest BCUT2D eigenvalue weighted by molar-refractivity contribution is -0.113. The van der Waals surface area contributed by atoms with Gasteiger partial charge in [-0.05, 0) is 92.9 Å². The summed E-state index contributed by atoms with van der Waals surface area (Å²) in [5, 5.41) is 13.4. The molecule has 1 N–H and O–H groups in total. The number of anilines is 1. The van der Waals surface area contributed by atoms with E-state index in [-0.39, 0.29) is 17.6 Å². The van der Waals surface area contributed by atoms with Gasteiger partial charge in [0, 0.05) is 18.3 Å². The van der Waals surface area contributed by atoms with Crippen LogP contribution in [0.5, 0.6) is 0 Å². The highest BCUT2D eigenvalue weighted by atomic mass is 32.2. The minimum absolute atomic E-state index is 0.135. The van der Waals surface area contributed by atoms with Gasteiger partial charge in [-0.3, -0.25) is 4.79 Å². The van der Waals surface area contributed by atoms with Gasteiger partial charge >= 0.3 is 5.97 Å². The fourth-order valence-electron chi connectivity index (χ4n) is 7.73. The maximum absolute atomic E-state index is 12.8. The standard InChI is InChI=1S/C26H34N4O3S2/c1-30-20(13-26-10-15-7-16(11-26)9-17(8-15)12-26)28-29-25(30)34-14-21(31)27-23-22(24(32)33-2)18-5-3-4-6-19(18)35-23/h15-17H,3-14H2,1-2H3,(H,27,31). The highest BCUT2D eigenvalue weighted by Gasteiger charge is 2.51. The molecule has 2 heterocycles. The van der Waals surface area contributed by atoms with Crippen LogP contribution < -0.4 is 5.32 Å². The summed E-state index contributed by atoms with van der Waals surface area (Å²) in [7, 11) is 3.42. The number of rotatable bonds is 7. The lowest BCUT2D eigenvalue weighted by Crippen LogP contribution is -2.47. The summed E-state index contributed by atoms with van der Waals surface area (Å²) in [4.78, 5) is 26.5. The van der Waals surface area contributed by atoms with E-state index in [1.54, 1.807) is 0 Å². The van der Waals surface area contributed by atoms with E-state index < -0.39 is 0 Å². The Morgan fingerprint density at radius 2 is 1.80 bits per heavy atom. The maximum atomic E-state index is 12.8. The van der Waals surface area contributed by atoms with E-state index in [0.717, 1.165) is 66.4 Å². The minimum atomic E-state index is -0.366. The van der Waals surface area contributed by atoms with E-state index in [4.69, 9.17) is 4.74 Å². The highest BCUT2D eigenvalue weighted by molar-refractivity contribution is 7.99. The average Bonchev–Trinajstić information content (AvgIpc) is 3.35. The van der Waals surface area contributed by atoms with Crippen molar-refractivity contribution in [2.75, 3.05) is 18.2 Å². The largest absolute Gasteiger partial charge is 0.465 e. The first-order valence-electron chi connectivity index (χ1n) is 13.0. The topological polar surface area (TPSA) is 86.1 Å². The maximum Gasteiger partial charge on any atom is 0.341 e. The summed E-state index contributed by atoms with van der Waals surface area (Å²) in [6, 6.07) is 0. The lowest BCUT2D eigenvalue weighted by atomic mass is 9.49. The molecule has 35 heavy (non-hydrogen) atoms. The van der Waals surface area contributed by atoms with Crippen molar-refractivity contribution in [2.24, 2.45) is 30.2 Å². The van der Waals surface area contributed by atoms with Crippen LogP contribution in [0, 0.1) is 23.2 Å². The number of carbonyl (C=O) groups excluding carboxylic acids is 2. The van der Waals surface area contributed by atoms with Crippen molar-refractivity contribution in [3.63, 3.8) is 0 Å². The Hall–Kier alpha value is -1.87. The molecule has 1 amide bonds. The number of amides is 1. The molecule has 0 unspecified atom stereocenters. The molecule has 7 rings (SSSR count). The van der Waals surface area contributed by atoms with E-state index in [1.807, 2.05) is 7.05 Å². The van der Waals surface area contributed by atoms with E-state index in [2.05, 4.69) is 20.1 Å². The first kappa shape index (κ1) is 23.5. The second kappa shape index (κ2) is 9.21. The number of carbonyl (C=O) groups is 2. The van der Waals surface area contributed by atoms with Crippen molar-refractivity contribution in [1.29, 1.82) is 0 Å². The summed E-state index contributed by atoms with van der Waals surface area (Å²) in [6.45, 7) is 0. The molecule has 0 spiro atoms. The highest BCUT2D eigenvalue weighted by Crippen LogP contribution is 2.61. The number of aryl methyl sites for hydroxylation is 1. The van der Waals surface area contributed by atoms with Gasteiger partial charge < -0.3 is 14.6 Å². The quantitative estimate of drug-likeness (QED) is 0.412. The summed E-state index contributed by atoms with van der Waals surface area (Å²) < 4.78 is 7.10. The molecule has 2 aromatic rings. The summed E-state index contributed by atoms with van der Waals surface area (Å²) in [5.41, 5.74) is 2.01. The molecule has 0 atom stereocenters. The Kier molecular flexibility index (Phi) is 6.19. The number of aromatic nitrogens is 3. The number of esters is 1. The third-order valence-corrected chi connectivity index (χ3v) is 11.0. The zero-order valence-corrected chi connectivity index (χ0v) is 22.2. The monoisotopic (exact) mass is 514 g/mol. The van der Waals surface area contributed by atoms with Crippen molar-refractivity contribution in [1.82, 2.24) is 14.8 Å². The Morgan fingerprint density at radius 1 is 1.11 bits per heavy atom. The molecule has 188 valence electrons. The predicted molar refractivity (Wildman–Crippen MR) is 137 cm³/mol. The van der Waals surface area contributed by atoms with Crippen LogP contribution in [0.3, 0.4) is 0 Å². The predicted octanol–water partition coefficient (Wildman–Crippen LogP) is 5.03. The molecule has 5 aliphatic rings. The summed E-state index contributed by atoms with van der Waals surface area (Å²) >= 11 is 2.93. The average molecular weight is 515 g/mol. The van der Waals surface area contributed by atoms with Crippen LogP contribution in [0.15, 0.2) is 5.16 Å². The number of fused-ring (bicyclic) bond motifs is 1. The van der Waals surface area contributed by atoms with E-state index in [1.165, 1.54) is 73.6 Å². The molecule has 0 aromatic carbocycles. The molecule has 9 heteroatoms. The molecular weight excluding hydrogens is 480 g/mol. The zero-order valence-electron chi connectivity index (χ0n) is 20.6. The van der Waals surface area contributed by atoms with Crippen molar-refractivity contribution in [2.45, 2.75) is 75.8 Å². The van der Waals surface area contributed by atoms with Gasteiger partial charge in [-0.15, -0.1) is 21.5 Å². The van der Waals surface area contributed by atoms with E-state index in [9.17, 15) is 9.59 Å². The molecule has 4 bridgehead atoms. The lowest BCUT2D eigenvalue weighted by Gasteiger charge is -2.56. The van der Waals surface area contributed by atoms with Gasteiger partial charge in [0.05, 0.1) is 18.4 Å². The van der Waals surface area contributed by atoms with Crippen molar-refractivity contribution in [3.8, 4) is 0 Å². The first-order chi connectivity index (χ1) is 16.9. The van der Waals surface area contributed by atoms with Gasteiger partial charge in [0.2, 0.25) is 5.91 Å². The smallest absolute Gasteiger partial charge is 0.341 e. The normalized spacial score (nSPS) is 28.7. The SMILES string of the molecule is COC(=O)c1c(NC(=O)CSc2nnc(CC34CC5CC(CC(C5)C3)C4)n2C)sc2c1CCCC2. The van der Waals surface area contributed by atoms with Crippen LogP contribution in [0.1, 0.15) is 78.0 Å². The minimum Gasteiger partial charge on any atom is -0.465 e. The van der Waals surface area contributed by atoms with Crippen molar-refractivity contribution < 1.29 is 14.3 Å². The number of nitrogens with zero attached hydrogens (tertiary/aromatic N) is 3. The molecule has 5 aliphatic carbocycles. The number of thiophene rings is 1. The van der Waals surface area contributed by atoms with Gasteiger partial charge in [0.15, 0.2) is 5.16 Å². The number of nitrogens with one attached hydrogen (secondary N) is 1. The summed E-state index contributed by atoms with van der Waals surface area (Å²) in [6.07, 6.45) is 13.4. The number of ether oxygens (including phenoxy) is 1. The Balaban J connectivity index is 1.11. The molecule has 0 aliphatic heterocycles. The number of hydrogen-bond acceptors (Lipinski definition) is 7. The van der Waals surface area contributed by atoms with Crippen molar-refractivity contribution >= 4 is 40.0 Å². The number of thioether (sulfide) groups is 1. The van der Waals surface area contributed by atoms with Gasteiger partial charge in [-0.2, -0.15) is 0 Å². The Morgan fingerprint density at radius 3 is 2.49 bits per heavy atom. The molecule has 2 aromatic heterocycles. The fourth-order valence-corrected chi connectivity index (χ4v) is 9.75. The van der Waals surface area contributed by atoms with Crippen LogP contribution in [0.25, 0.3) is 0 Å². The third-order valence-electron chi connectivity index (χ3n) is 8.77. The van der Waals surface area contributed by atoms with Crippen LogP contribution in [0.4, 0.5) is 5.00 Å². The molecule has 0 saturated heterocycles. The van der Waals surface area contributed by atoms with Gasteiger partial charge in [-0.1, -0.05) is 11.8 Å². The first-order valence-corrected chi connectivity index (χ1v) is 14.8. The van der Waals surface area contributed by atoms with Crippen LogP contribution in [-0.2, 0) is 35.8 Å². The molecule has 0 radical (unpaired) electrons. The van der Waals surface area contributed by atoms with Crippen molar-refractivity contribution in [3.05, 3.63) is 21.8 Å². The van der Waals surface area contributed by atoms with Gasteiger partial charge in [0.25, 0.3) is 0 Å². The zero-order chi connectivity index (χ0) is 24.2. The van der Waals surface area contributed by atoms with Crippen LogP contribution >= 0.6 is 23.1 Å². The van der Waals surface area contributed by atoms with Crippen LogP contribution in [-0.4, -0.2) is 39.5 Å². The Bertz CT molecular complexity index is 1120. The van der Waals surface area contributed by atoms with Gasteiger partial charge in [-0.25, -0.2) is 4.79 Å². The number of hydrogen-bond donors (Lipinski definition) is 1. The molecular formula is C26H34N4O3S2. The third kappa shape index (κ3) is 4.43. The molecule has 4 fully saturated rings. The van der Waals surface area contributed by atoms with Crippen LogP contribution in [0.2, 0.25) is 0 Å². The van der Waals surface area contributed by atoms with E-state index >= 15 is 0 Å². The Labute approximate surface area is 214 Å². The molecule has 7 nitrogen and oxygen atoms in total.